The van der Waals surface area contributed by atoms with E-state index in [4.69, 9.17) is 5.11 Å². The number of thioether (sulfide) groups is 2. The molecule has 6 heteroatoms. The van der Waals surface area contributed by atoms with E-state index in [0.717, 1.165) is 5.57 Å². The third kappa shape index (κ3) is 1.47. The van der Waals surface area contributed by atoms with Gasteiger partial charge in [0.2, 0.25) is 5.91 Å². The first-order valence-electron chi connectivity index (χ1n) is 4.48. The van der Waals surface area contributed by atoms with Crippen molar-refractivity contribution >= 4 is 35.4 Å². The normalized spacial score (nSPS) is 30.0. The Hall–Kier alpha value is -0.620. The highest BCUT2D eigenvalue weighted by atomic mass is 32.2. The fourth-order valence-corrected chi connectivity index (χ4v) is 4.27. The minimum absolute atomic E-state index is 0.0160. The zero-order valence-electron chi connectivity index (χ0n) is 8.39. The Bertz CT molecular complexity index is 366. The van der Waals surface area contributed by atoms with Gasteiger partial charge in [0.25, 0.3) is 0 Å². The van der Waals surface area contributed by atoms with Gasteiger partial charge in [0.1, 0.15) is 16.3 Å². The maximum atomic E-state index is 11.7. The number of carbonyl (C=O) groups is 2. The fourth-order valence-electron chi connectivity index (χ4n) is 1.82. The zero-order valence-corrected chi connectivity index (χ0v) is 10.0. The summed E-state index contributed by atoms with van der Waals surface area (Å²) in [7, 11) is 0. The van der Waals surface area contributed by atoms with Crippen LogP contribution in [0.1, 0.15) is 6.92 Å². The highest BCUT2D eigenvalue weighted by Crippen LogP contribution is 2.44. The summed E-state index contributed by atoms with van der Waals surface area (Å²) in [5.74, 6) is -0.366. The smallest absolute Gasteiger partial charge is 0.352 e. The molecule has 1 unspecified atom stereocenters. The molecule has 0 aromatic carbocycles. The molecular weight excluding hydrogens is 234 g/mol. The number of aliphatic carboxylic acids is 1. The van der Waals surface area contributed by atoms with Crippen LogP contribution in [0, 0.1) is 0 Å². The average molecular weight is 245 g/mol. The van der Waals surface area contributed by atoms with Gasteiger partial charge in [-0.2, -0.15) is 0 Å². The summed E-state index contributed by atoms with van der Waals surface area (Å²) in [5, 5.41) is 8.98. The summed E-state index contributed by atoms with van der Waals surface area (Å²) < 4.78 is 0. The van der Waals surface area contributed by atoms with Crippen LogP contribution in [0.25, 0.3) is 0 Å². The van der Waals surface area contributed by atoms with Crippen LogP contribution in [-0.2, 0) is 9.59 Å². The van der Waals surface area contributed by atoms with E-state index in [2.05, 4.69) is 0 Å². The Morgan fingerprint density at radius 2 is 2.33 bits per heavy atom. The van der Waals surface area contributed by atoms with E-state index in [1.54, 1.807) is 18.7 Å². The molecule has 2 aliphatic rings. The molecule has 0 aliphatic carbocycles. The van der Waals surface area contributed by atoms with E-state index in [9.17, 15) is 9.59 Å². The lowest BCUT2D eigenvalue weighted by Gasteiger charge is -2.48. The SMILES string of the molecule is CSC1C(=O)N2C(C(=O)O)=C(C)CS[C@H]12. The van der Waals surface area contributed by atoms with Crippen LogP contribution in [0.4, 0.5) is 0 Å². The fraction of sp³-hybridized carbons (Fsp3) is 0.556. The Balaban J connectivity index is 2.32. The van der Waals surface area contributed by atoms with Crippen LogP contribution in [0.3, 0.4) is 0 Å². The van der Waals surface area contributed by atoms with Crippen molar-refractivity contribution in [1.29, 1.82) is 0 Å². The predicted octanol–water partition coefficient (Wildman–Crippen LogP) is 0.992. The second-order valence-corrected chi connectivity index (χ2v) is 5.58. The van der Waals surface area contributed by atoms with Crippen LogP contribution in [0.2, 0.25) is 0 Å². The number of carboxylic acids is 1. The summed E-state index contributed by atoms with van der Waals surface area (Å²) in [6, 6.07) is 0. The summed E-state index contributed by atoms with van der Waals surface area (Å²) >= 11 is 3.13. The molecule has 2 heterocycles. The average Bonchev–Trinajstić information content (AvgIpc) is 2.18. The number of hydrogen-bond acceptors (Lipinski definition) is 4. The first-order valence-corrected chi connectivity index (χ1v) is 6.82. The topological polar surface area (TPSA) is 57.6 Å². The van der Waals surface area contributed by atoms with Crippen molar-refractivity contribution in [2.75, 3.05) is 12.0 Å². The summed E-state index contributed by atoms with van der Waals surface area (Å²) in [6.45, 7) is 1.77. The van der Waals surface area contributed by atoms with Crippen molar-refractivity contribution in [1.82, 2.24) is 4.90 Å². The van der Waals surface area contributed by atoms with Crippen molar-refractivity contribution in [2.24, 2.45) is 0 Å². The molecule has 1 amide bonds. The van der Waals surface area contributed by atoms with Gasteiger partial charge in [0, 0.05) is 5.75 Å². The molecule has 0 saturated carbocycles. The molecule has 2 rings (SSSR count). The maximum absolute atomic E-state index is 11.7. The molecule has 82 valence electrons. The molecule has 0 aromatic heterocycles. The van der Waals surface area contributed by atoms with Crippen molar-refractivity contribution in [2.45, 2.75) is 17.5 Å². The van der Waals surface area contributed by atoms with E-state index < -0.39 is 5.97 Å². The van der Waals surface area contributed by atoms with Crippen LogP contribution >= 0.6 is 23.5 Å². The minimum Gasteiger partial charge on any atom is -0.477 e. The lowest BCUT2D eigenvalue weighted by Crippen LogP contribution is -2.63. The van der Waals surface area contributed by atoms with Crippen molar-refractivity contribution < 1.29 is 14.7 Å². The van der Waals surface area contributed by atoms with Gasteiger partial charge >= 0.3 is 5.97 Å². The highest BCUT2D eigenvalue weighted by molar-refractivity contribution is 8.04. The van der Waals surface area contributed by atoms with Gasteiger partial charge in [-0.3, -0.25) is 9.69 Å². The van der Waals surface area contributed by atoms with Gasteiger partial charge in [-0.15, -0.1) is 23.5 Å². The van der Waals surface area contributed by atoms with Crippen molar-refractivity contribution in [3.63, 3.8) is 0 Å². The molecule has 15 heavy (non-hydrogen) atoms. The number of carbonyl (C=O) groups excluding carboxylic acids is 1. The lowest BCUT2D eigenvalue weighted by molar-refractivity contribution is -0.145. The van der Waals surface area contributed by atoms with E-state index in [0.29, 0.717) is 5.75 Å². The van der Waals surface area contributed by atoms with Crippen molar-refractivity contribution in [3.8, 4) is 0 Å². The maximum Gasteiger partial charge on any atom is 0.352 e. The number of rotatable bonds is 2. The molecule has 0 bridgehead atoms. The van der Waals surface area contributed by atoms with E-state index in [1.807, 2.05) is 6.26 Å². The lowest BCUT2D eigenvalue weighted by atomic mass is 10.1. The van der Waals surface area contributed by atoms with Gasteiger partial charge in [-0.25, -0.2) is 4.79 Å². The number of amides is 1. The van der Waals surface area contributed by atoms with Gasteiger partial charge in [0.05, 0.1) is 0 Å². The summed E-state index contributed by atoms with van der Waals surface area (Å²) in [6.07, 6.45) is 1.88. The highest BCUT2D eigenvalue weighted by Gasteiger charge is 2.52. The molecule has 2 aliphatic heterocycles. The van der Waals surface area contributed by atoms with E-state index >= 15 is 0 Å². The first-order chi connectivity index (χ1) is 7.07. The molecule has 4 nitrogen and oxygen atoms in total. The number of fused-ring (bicyclic) bond motifs is 1. The Morgan fingerprint density at radius 1 is 1.67 bits per heavy atom. The van der Waals surface area contributed by atoms with Crippen LogP contribution in [0.15, 0.2) is 11.3 Å². The molecule has 1 fully saturated rings. The predicted molar refractivity (Wildman–Crippen MR) is 60.7 cm³/mol. The number of carboxylic acid groups (broad SMARTS) is 1. The molecule has 2 atom stereocenters. The van der Waals surface area contributed by atoms with Gasteiger partial charge in [-0.1, -0.05) is 0 Å². The van der Waals surface area contributed by atoms with E-state index in [-0.39, 0.29) is 22.2 Å². The van der Waals surface area contributed by atoms with Crippen LogP contribution in [0.5, 0.6) is 0 Å². The molecule has 1 saturated heterocycles. The van der Waals surface area contributed by atoms with E-state index in [1.165, 1.54) is 16.7 Å². The Morgan fingerprint density at radius 3 is 2.87 bits per heavy atom. The first kappa shape index (κ1) is 10.9. The number of nitrogens with zero attached hydrogens (tertiary/aromatic N) is 1. The summed E-state index contributed by atoms with van der Waals surface area (Å²) in [4.78, 5) is 24.1. The van der Waals surface area contributed by atoms with Gasteiger partial charge in [-0.05, 0) is 18.8 Å². The molecule has 0 spiro atoms. The summed E-state index contributed by atoms with van der Waals surface area (Å²) in [5.41, 5.74) is 0.964. The molecule has 0 aromatic rings. The van der Waals surface area contributed by atoms with Crippen LogP contribution < -0.4 is 0 Å². The van der Waals surface area contributed by atoms with Crippen LogP contribution in [-0.4, -0.2) is 44.5 Å². The second-order valence-electron chi connectivity index (χ2n) is 3.50. The van der Waals surface area contributed by atoms with Crippen molar-refractivity contribution in [3.05, 3.63) is 11.3 Å². The van der Waals surface area contributed by atoms with Gasteiger partial charge in [0.15, 0.2) is 0 Å². The molecule has 1 N–H and O–H groups in total. The Kier molecular flexibility index (Phi) is 2.72. The molecule has 0 radical (unpaired) electrons. The monoisotopic (exact) mass is 245 g/mol. The molecular formula is C9H11NO3S2. The number of β-lactam (4-membered cyclic amide) rings is 1. The minimum atomic E-state index is -0.995. The number of hydrogen-bond donors (Lipinski definition) is 1. The second kappa shape index (κ2) is 3.75. The quantitative estimate of drug-likeness (QED) is 0.735. The third-order valence-electron chi connectivity index (χ3n) is 2.57. The third-order valence-corrected chi connectivity index (χ3v) is 5.13. The standard InChI is InChI=1S/C9H11NO3S2/c1-4-3-15-8-6(14-2)7(11)10(8)5(4)9(12)13/h6,8H,3H2,1-2H3,(H,12,13)/t6?,8-/m1/s1. The van der Waals surface area contributed by atoms with Gasteiger partial charge < -0.3 is 5.11 Å². The Labute approximate surface area is 96.1 Å². The largest absolute Gasteiger partial charge is 0.477 e. The zero-order chi connectivity index (χ0) is 11.2.